The number of nitrogens with one attached hydrogen (secondary N) is 1. The van der Waals surface area contributed by atoms with Crippen molar-refractivity contribution in [2.45, 2.75) is 51.2 Å². The van der Waals surface area contributed by atoms with Crippen LogP contribution in [-0.4, -0.2) is 23.6 Å². The summed E-state index contributed by atoms with van der Waals surface area (Å²) < 4.78 is 0.463. The van der Waals surface area contributed by atoms with Gasteiger partial charge in [0.25, 0.3) is 0 Å². The second-order valence-corrected chi connectivity index (χ2v) is 7.36. The quantitative estimate of drug-likeness (QED) is 0.724. The fourth-order valence-electron chi connectivity index (χ4n) is 2.04. The number of nitriles is 1. The van der Waals surface area contributed by atoms with Crippen molar-refractivity contribution in [3.63, 3.8) is 0 Å². The summed E-state index contributed by atoms with van der Waals surface area (Å²) >= 11 is 2.10. The summed E-state index contributed by atoms with van der Waals surface area (Å²) in [5, 5.41) is 12.4. The highest BCUT2D eigenvalue weighted by Crippen LogP contribution is 2.36. The molecule has 0 spiro atoms. The van der Waals surface area contributed by atoms with Gasteiger partial charge >= 0.3 is 0 Å². The van der Waals surface area contributed by atoms with Crippen molar-refractivity contribution in [2.24, 2.45) is 5.41 Å². The van der Waals surface area contributed by atoms with Gasteiger partial charge in [-0.25, -0.2) is 0 Å². The molecule has 1 rings (SSSR count). The van der Waals surface area contributed by atoms with Crippen molar-refractivity contribution < 1.29 is 0 Å². The fraction of sp³-hybridized carbons (Fsp3) is 0.923. The summed E-state index contributed by atoms with van der Waals surface area (Å²) in [4.78, 5) is 0. The number of hydrogen-bond donors (Lipinski definition) is 1. The summed E-state index contributed by atoms with van der Waals surface area (Å²) in [5.41, 5.74) is -0.159. The molecule has 0 aliphatic carbocycles. The van der Waals surface area contributed by atoms with Crippen LogP contribution in [0.15, 0.2) is 0 Å². The third-order valence-corrected chi connectivity index (χ3v) is 4.80. The van der Waals surface area contributed by atoms with Crippen LogP contribution in [0.2, 0.25) is 0 Å². The Kier molecular flexibility index (Phi) is 5.14. The summed E-state index contributed by atoms with van der Waals surface area (Å²) in [6, 6.07) is 2.35. The Labute approximate surface area is 104 Å². The van der Waals surface area contributed by atoms with Gasteiger partial charge in [-0.1, -0.05) is 0 Å². The zero-order valence-corrected chi connectivity index (χ0v) is 11.6. The van der Waals surface area contributed by atoms with Crippen LogP contribution in [0.1, 0.15) is 46.5 Å². The molecular formula is C13H24N2S. The number of thioether (sulfide) groups is 1. The Morgan fingerprint density at radius 1 is 1.50 bits per heavy atom. The molecule has 1 atom stereocenters. The molecule has 0 aromatic rings. The summed E-state index contributed by atoms with van der Waals surface area (Å²) in [7, 11) is 0. The topological polar surface area (TPSA) is 35.8 Å². The van der Waals surface area contributed by atoms with Crippen LogP contribution in [0.4, 0.5) is 0 Å². The molecule has 3 heteroatoms. The van der Waals surface area contributed by atoms with Crippen molar-refractivity contribution >= 4 is 11.8 Å². The molecule has 1 aliphatic rings. The van der Waals surface area contributed by atoms with Crippen molar-refractivity contribution in [2.75, 3.05) is 18.8 Å². The average Bonchev–Trinajstić information content (AvgIpc) is 2.65. The van der Waals surface area contributed by atoms with E-state index in [4.69, 9.17) is 5.26 Å². The Morgan fingerprint density at radius 3 is 2.81 bits per heavy atom. The standard InChI is InChI=1S/C13H24N2S/c1-12(2,10-14)6-4-8-15-11-13(3)7-5-9-16-13/h15H,4-9,11H2,1-3H3. The van der Waals surface area contributed by atoms with Crippen LogP contribution >= 0.6 is 11.8 Å². The van der Waals surface area contributed by atoms with Crippen LogP contribution in [0, 0.1) is 16.7 Å². The van der Waals surface area contributed by atoms with E-state index in [1.54, 1.807) is 0 Å². The van der Waals surface area contributed by atoms with Crippen molar-refractivity contribution in [1.29, 1.82) is 5.26 Å². The fourth-order valence-corrected chi connectivity index (χ4v) is 3.31. The number of nitrogens with zero attached hydrogens (tertiary/aromatic N) is 1. The molecular weight excluding hydrogens is 216 g/mol. The van der Waals surface area contributed by atoms with Gasteiger partial charge in [-0.2, -0.15) is 17.0 Å². The molecule has 1 unspecified atom stereocenters. The van der Waals surface area contributed by atoms with Gasteiger partial charge in [0.15, 0.2) is 0 Å². The van der Waals surface area contributed by atoms with E-state index in [-0.39, 0.29) is 5.41 Å². The van der Waals surface area contributed by atoms with E-state index in [1.165, 1.54) is 18.6 Å². The van der Waals surface area contributed by atoms with E-state index >= 15 is 0 Å². The first-order chi connectivity index (χ1) is 7.47. The minimum Gasteiger partial charge on any atom is -0.315 e. The molecule has 1 N–H and O–H groups in total. The molecule has 0 aromatic heterocycles. The minimum absolute atomic E-state index is 0.159. The molecule has 16 heavy (non-hydrogen) atoms. The molecule has 2 nitrogen and oxygen atoms in total. The van der Waals surface area contributed by atoms with Crippen LogP contribution in [0.5, 0.6) is 0 Å². The van der Waals surface area contributed by atoms with Crippen LogP contribution in [-0.2, 0) is 0 Å². The lowest BCUT2D eigenvalue weighted by atomic mass is 9.90. The predicted molar refractivity (Wildman–Crippen MR) is 71.6 cm³/mol. The third-order valence-electron chi connectivity index (χ3n) is 3.26. The summed E-state index contributed by atoms with van der Waals surface area (Å²) in [6.45, 7) is 8.55. The van der Waals surface area contributed by atoms with Gasteiger partial charge < -0.3 is 5.32 Å². The number of hydrogen-bond acceptors (Lipinski definition) is 3. The largest absolute Gasteiger partial charge is 0.315 e. The maximum atomic E-state index is 8.89. The number of rotatable bonds is 6. The van der Waals surface area contributed by atoms with Crippen LogP contribution in [0.25, 0.3) is 0 Å². The van der Waals surface area contributed by atoms with Crippen LogP contribution in [0.3, 0.4) is 0 Å². The molecule has 1 fully saturated rings. The molecule has 0 bridgehead atoms. The Bertz CT molecular complexity index is 249. The maximum absolute atomic E-state index is 8.89. The van der Waals surface area contributed by atoms with Gasteiger partial charge in [0.1, 0.15) is 0 Å². The SMILES string of the molecule is CC(C)(C#N)CCCNCC1(C)CCCS1. The van der Waals surface area contributed by atoms with E-state index in [0.29, 0.717) is 4.75 Å². The monoisotopic (exact) mass is 240 g/mol. The van der Waals surface area contributed by atoms with Gasteiger partial charge in [0.2, 0.25) is 0 Å². The zero-order chi connectivity index (χ0) is 12.1. The van der Waals surface area contributed by atoms with Gasteiger partial charge in [0, 0.05) is 11.3 Å². The lowest BCUT2D eigenvalue weighted by Gasteiger charge is -2.23. The lowest BCUT2D eigenvalue weighted by Crippen LogP contribution is -2.33. The highest BCUT2D eigenvalue weighted by Gasteiger charge is 2.28. The Hall–Kier alpha value is -0.200. The van der Waals surface area contributed by atoms with E-state index in [0.717, 1.165) is 25.9 Å². The minimum atomic E-state index is -0.159. The first-order valence-corrected chi connectivity index (χ1v) is 7.22. The molecule has 92 valence electrons. The molecule has 0 aromatic carbocycles. The second kappa shape index (κ2) is 5.93. The Morgan fingerprint density at radius 2 is 2.25 bits per heavy atom. The van der Waals surface area contributed by atoms with E-state index < -0.39 is 0 Å². The van der Waals surface area contributed by atoms with Crippen LogP contribution < -0.4 is 5.32 Å². The highest BCUT2D eigenvalue weighted by molar-refractivity contribution is 8.00. The summed E-state index contributed by atoms with van der Waals surface area (Å²) in [6.07, 6.45) is 4.79. The average molecular weight is 240 g/mol. The molecule has 1 saturated heterocycles. The van der Waals surface area contributed by atoms with E-state index in [9.17, 15) is 0 Å². The van der Waals surface area contributed by atoms with E-state index in [1.807, 2.05) is 13.8 Å². The maximum Gasteiger partial charge on any atom is 0.0683 e. The zero-order valence-electron chi connectivity index (χ0n) is 10.8. The van der Waals surface area contributed by atoms with Gasteiger partial charge in [-0.15, -0.1) is 0 Å². The molecule has 0 amide bonds. The van der Waals surface area contributed by atoms with Gasteiger partial charge in [-0.05, 0) is 58.8 Å². The molecule has 0 saturated carbocycles. The lowest BCUT2D eigenvalue weighted by molar-refractivity contribution is 0.420. The van der Waals surface area contributed by atoms with Crippen molar-refractivity contribution in [3.05, 3.63) is 0 Å². The first kappa shape index (κ1) is 13.9. The van der Waals surface area contributed by atoms with Crippen molar-refractivity contribution in [1.82, 2.24) is 5.32 Å². The molecule has 1 heterocycles. The highest BCUT2D eigenvalue weighted by atomic mass is 32.2. The third kappa shape index (κ3) is 4.76. The summed E-state index contributed by atoms with van der Waals surface area (Å²) in [5.74, 6) is 1.32. The van der Waals surface area contributed by atoms with Crippen molar-refractivity contribution in [3.8, 4) is 6.07 Å². The van der Waals surface area contributed by atoms with Gasteiger partial charge in [0.05, 0.1) is 11.5 Å². The van der Waals surface area contributed by atoms with Gasteiger partial charge in [-0.3, -0.25) is 0 Å². The Balaban J connectivity index is 2.06. The van der Waals surface area contributed by atoms with E-state index in [2.05, 4.69) is 30.1 Å². The molecule has 0 radical (unpaired) electrons. The second-order valence-electron chi connectivity index (χ2n) is 5.68. The first-order valence-electron chi connectivity index (χ1n) is 6.23. The molecule has 1 aliphatic heterocycles. The normalized spacial score (nSPS) is 25.6. The predicted octanol–water partition coefficient (Wildman–Crippen LogP) is 3.19. The smallest absolute Gasteiger partial charge is 0.0683 e.